The molecule has 1 nitrogen and oxygen atoms in total. The van der Waals surface area contributed by atoms with Crippen molar-refractivity contribution in [3.63, 3.8) is 0 Å². The molecular formula is C11H9F3OS. The fourth-order valence-corrected chi connectivity index (χ4v) is 1.30. The zero-order valence-corrected chi connectivity index (χ0v) is 9.05. The second kappa shape index (κ2) is 5.21. The Morgan fingerprint density at radius 3 is 2.31 bits per heavy atom. The fourth-order valence-electron chi connectivity index (χ4n) is 1.19. The quantitative estimate of drug-likeness (QED) is 0.638. The lowest BCUT2D eigenvalue weighted by molar-refractivity contribution is -0.137. The number of alkyl halides is 3. The lowest BCUT2D eigenvalue weighted by Gasteiger charge is -2.08. The van der Waals surface area contributed by atoms with E-state index in [1.165, 1.54) is 12.1 Å². The van der Waals surface area contributed by atoms with Crippen LogP contribution in [0.2, 0.25) is 0 Å². The third-order valence-electron chi connectivity index (χ3n) is 1.86. The Kier molecular flexibility index (Phi) is 4.18. The summed E-state index contributed by atoms with van der Waals surface area (Å²) in [4.78, 5) is 10.5. The first kappa shape index (κ1) is 12.8. The molecule has 0 unspecified atom stereocenters. The van der Waals surface area contributed by atoms with Gasteiger partial charge < -0.3 is 0 Å². The van der Waals surface area contributed by atoms with Crippen LogP contribution >= 0.6 is 12.6 Å². The van der Waals surface area contributed by atoms with Crippen LogP contribution in [0.15, 0.2) is 24.3 Å². The zero-order chi connectivity index (χ0) is 12.2. The van der Waals surface area contributed by atoms with Crippen molar-refractivity contribution in [1.82, 2.24) is 0 Å². The Morgan fingerprint density at radius 1 is 1.19 bits per heavy atom. The van der Waals surface area contributed by atoms with E-state index in [9.17, 15) is 18.0 Å². The van der Waals surface area contributed by atoms with E-state index in [4.69, 9.17) is 0 Å². The number of carbonyl (C=O) groups is 1. The lowest BCUT2D eigenvalue weighted by atomic mass is 10.1. The molecule has 0 saturated heterocycles. The van der Waals surface area contributed by atoms with Gasteiger partial charge in [0.15, 0.2) is 0 Å². The highest BCUT2D eigenvalue weighted by molar-refractivity contribution is 7.80. The average molecular weight is 246 g/mol. The van der Waals surface area contributed by atoms with Gasteiger partial charge in [-0.2, -0.15) is 25.8 Å². The number of thiol groups is 1. The fraction of sp³-hybridized carbons (Fsp3) is 0.182. The standard InChI is InChI=1S/C11H9F3OS/c12-11(13,14)10-5-8(2-1-3-16)4-9(6-10)7-15/h1-2,4-7,16H,3H2. The highest BCUT2D eigenvalue weighted by Crippen LogP contribution is 2.30. The number of carbonyl (C=O) groups excluding carboxylic acids is 1. The molecular weight excluding hydrogens is 237 g/mol. The van der Waals surface area contributed by atoms with Gasteiger partial charge in [-0.3, -0.25) is 4.79 Å². The molecule has 5 heteroatoms. The number of benzene rings is 1. The average Bonchev–Trinajstić information content (AvgIpc) is 2.24. The molecule has 0 amide bonds. The van der Waals surface area contributed by atoms with Crippen LogP contribution in [0.3, 0.4) is 0 Å². The maximum Gasteiger partial charge on any atom is 0.416 e. The van der Waals surface area contributed by atoms with Gasteiger partial charge in [-0.25, -0.2) is 0 Å². The van der Waals surface area contributed by atoms with Crippen molar-refractivity contribution in [2.45, 2.75) is 6.18 Å². The molecule has 0 aromatic heterocycles. The molecule has 0 heterocycles. The van der Waals surface area contributed by atoms with Crippen molar-refractivity contribution in [2.75, 3.05) is 5.75 Å². The maximum atomic E-state index is 12.5. The van der Waals surface area contributed by atoms with Crippen LogP contribution in [0.5, 0.6) is 0 Å². The Balaban J connectivity index is 3.21. The number of hydrogen-bond donors (Lipinski definition) is 1. The van der Waals surface area contributed by atoms with Crippen LogP contribution < -0.4 is 0 Å². The van der Waals surface area contributed by atoms with E-state index in [1.807, 2.05) is 0 Å². The highest BCUT2D eigenvalue weighted by Gasteiger charge is 2.30. The van der Waals surface area contributed by atoms with E-state index in [-0.39, 0.29) is 5.56 Å². The second-order valence-corrected chi connectivity index (χ2v) is 3.45. The van der Waals surface area contributed by atoms with Crippen LogP contribution in [0.1, 0.15) is 21.5 Å². The summed E-state index contributed by atoms with van der Waals surface area (Å²) in [5.41, 5.74) is -0.476. The third kappa shape index (κ3) is 3.41. The van der Waals surface area contributed by atoms with Crippen molar-refractivity contribution >= 4 is 25.0 Å². The van der Waals surface area contributed by atoms with Gasteiger partial charge >= 0.3 is 6.18 Å². The van der Waals surface area contributed by atoms with Crippen LogP contribution in [0.4, 0.5) is 13.2 Å². The summed E-state index contributed by atoms with van der Waals surface area (Å²) >= 11 is 3.90. The summed E-state index contributed by atoms with van der Waals surface area (Å²) in [6.07, 6.45) is -0.946. The summed E-state index contributed by atoms with van der Waals surface area (Å²) in [6, 6.07) is 3.21. The Bertz CT molecular complexity index is 410. The molecule has 0 radical (unpaired) electrons. The van der Waals surface area contributed by atoms with Crippen molar-refractivity contribution in [3.05, 3.63) is 41.0 Å². The van der Waals surface area contributed by atoms with Gasteiger partial charge in [0.2, 0.25) is 0 Å². The largest absolute Gasteiger partial charge is 0.416 e. The van der Waals surface area contributed by atoms with Crippen LogP contribution in [0.25, 0.3) is 6.08 Å². The molecule has 1 rings (SSSR count). The van der Waals surface area contributed by atoms with Crippen LogP contribution in [0, 0.1) is 0 Å². The van der Waals surface area contributed by atoms with Crippen molar-refractivity contribution in [1.29, 1.82) is 0 Å². The van der Waals surface area contributed by atoms with Gasteiger partial charge in [0, 0.05) is 11.3 Å². The van der Waals surface area contributed by atoms with E-state index in [2.05, 4.69) is 12.6 Å². The number of rotatable bonds is 3. The zero-order valence-electron chi connectivity index (χ0n) is 8.16. The van der Waals surface area contributed by atoms with Crippen molar-refractivity contribution in [3.8, 4) is 0 Å². The first-order chi connectivity index (χ1) is 7.47. The molecule has 0 aliphatic heterocycles. The second-order valence-electron chi connectivity index (χ2n) is 3.09. The van der Waals surface area contributed by atoms with E-state index in [0.717, 1.165) is 12.1 Å². The first-order valence-electron chi connectivity index (χ1n) is 4.42. The molecule has 0 spiro atoms. The maximum absolute atomic E-state index is 12.5. The molecule has 0 N–H and O–H groups in total. The summed E-state index contributed by atoms with van der Waals surface area (Å²) in [6.45, 7) is 0. The van der Waals surface area contributed by atoms with Crippen molar-refractivity contribution < 1.29 is 18.0 Å². The first-order valence-corrected chi connectivity index (χ1v) is 5.05. The molecule has 0 saturated carbocycles. The predicted molar refractivity (Wildman–Crippen MR) is 59.7 cm³/mol. The van der Waals surface area contributed by atoms with Gasteiger partial charge in [-0.05, 0) is 23.8 Å². The van der Waals surface area contributed by atoms with E-state index < -0.39 is 11.7 Å². The van der Waals surface area contributed by atoms with Crippen LogP contribution in [-0.2, 0) is 6.18 Å². The Morgan fingerprint density at radius 2 is 1.81 bits per heavy atom. The van der Waals surface area contributed by atoms with Crippen LogP contribution in [-0.4, -0.2) is 12.0 Å². The summed E-state index contributed by atoms with van der Waals surface area (Å²) in [7, 11) is 0. The monoisotopic (exact) mass is 246 g/mol. The van der Waals surface area contributed by atoms with Gasteiger partial charge in [-0.1, -0.05) is 12.2 Å². The third-order valence-corrected chi connectivity index (χ3v) is 2.07. The number of aldehydes is 1. The molecule has 0 aliphatic carbocycles. The molecule has 0 atom stereocenters. The minimum Gasteiger partial charge on any atom is -0.298 e. The molecule has 0 aliphatic rings. The molecule has 16 heavy (non-hydrogen) atoms. The predicted octanol–water partition coefficient (Wildman–Crippen LogP) is 3.46. The summed E-state index contributed by atoms with van der Waals surface area (Å²) < 4.78 is 37.4. The molecule has 1 aromatic carbocycles. The minimum absolute atomic E-state index is 0.00800. The molecule has 86 valence electrons. The molecule has 0 bridgehead atoms. The topological polar surface area (TPSA) is 17.1 Å². The smallest absolute Gasteiger partial charge is 0.298 e. The van der Waals surface area contributed by atoms with Gasteiger partial charge in [-0.15, -0.1) is 0 Å². The Labute approximate surface area is 96.4 Å². The summed E-state index contributed by atoms with van der Waals surface area (Å²) in [5, 5.41) is 0. The SMILES string of the molecule is O=Cc1cc(C=CCS)cc(C(F)(F)F)c1. The lowest BCUT2D eigenvalue weighted by Crippen LogP contribution is -2.06. The number of halogens is 3. The molecule has 0 fully saturated rings. The number of hydrogen-bond acceptors (Lipinski definition) is 2. The van der Waals surface area contributed by atoms with Gasteiger partial charge in [0.25, 0.3) is 0 Å². The van der Waals surface area contributed by atoms with Gasteiger partial charge in [0.1, 0.15) is 6.29 Å². The van der Waals surface area contributed by atoms with Crippen molar-refractivity contribution in [2.24, 2.45) is 0 Å². The normalized spacial score (nSPS) is 12.0. The molecule has 1 aromatic rings. The highest BCUT2D eigenvalue weighted by atomic mass is 32.1. The Hall–Kier alpha value is -1.23. The van der Waals surface area contributed by atoms with Gasteiger partial charge in [0.05, 0.1) is 5.56 Å². The summed E-state index contributed by atoms with van der Waals surface area (Å²) in [5.74, 6) is 0.423. The minimum atomic E-state index is -4.44. The van der Waals surface area contributed by atoms with E-state index in [0.29, 0.717) is 17.6 Å². The van der Waals surface area contributed by atoms with E-state index in [1.54, 1.807) is 6.08 Å². The van der Waals surface area contributed by atoms with E-state index >= 15 is 0 Å².